The minimum absolute atomic E-state index is 0.0706. The van der Waals surface area contributed by atoms with Gasteiger partial charge in [0, 0.05) is 23.1 Å². The van der Waals surface area contributed by atoms with Crippen LogP contribution in [0.2, 0.25) is 0 Å². The largest absolute Gasteiger partial charge is 0.598 e. The SMILES string of the molecule is COc1ncccc1[C@@H](C)N[S+]([O-])C(C)(C)C. The van der Waals surface area contributed by atoms with E-state index in [1.807, 2.05) is 39.8 Å². The van der Waals surface area contributed by atoms with E-state index in [0.29, 0.717) is 5.88 Å². The minimum Gasteiger partial charge on any atom is -0.598 e. The Morgan fingerprint density at radius 2 is 2.12 bits per heavy atom. The summed E-state index contributed by atoms with van der Waals surface area (Å²) in [5.74, 6) is 0.568. The Morgan fingerprint density at radius 1 is 1.47 bits per heavy atom. The Morgan fingerprint density at radius 3 is 2.65 bits per heavy atom. The second-order valence-electron chi connectivity index (χ2n) is 4.82. The van der Waals surface area contributed by atoms with Gasteiger partial charge < -0.3 is 9.29 Å². The Bertz CT molecular complexity index is 366. The molecule has 0 aliphatic carbocycles. The van der Waals surface area contributed by atoms with Crippen LogP contribution in [0, 0.1) is 0 Å². The highest BCUT2D eigenvalue weighted by atomic mass is 32.2. The summed E-state index contributed by atoms with van der Waals surface area (Å²) in [6, 6.07) is 3.69. The van der Waals surface area contributed by atoms with Crippen LogP contribution in [0.25, 0.3) is 0 Å². The summed E-state index contributed by atoms with van der Waals surface area (Å²) in [5.41, 5.74) is 0.910. The van der Waals surface area contributed by atoms with E-state index in [2.05, 4.69) is 9.71 Å². The molecule has 0 radical (unpaired) electrons. The Hall–Kier alpha value is -0.780. The monoisotopic (exact) mass is 256 g/mol. The van der Waals surface area contributed by atoms with Crippen molar-refractivity contribution in [1.82, 2.24) is 9.71 Å². The highest BCUT2D eigenvalue weighted by Gasteiger charge is 2.29. The van der Waals surface area contributed by atoms with Gasteiger partial charge in [0.25, 0.3) is 0 Å². The summed E-state index contributed by atoms with van der Waals surface area (Å²) in [6.07, 6.45) is 1.68. The molecular weight excluding hydrogens is 236 g/mol. The van der Waals surface area contributed by atoms with Crippen molar-refractivity contribution in [2.75, 3.05) is 7.11 Å². The summed E-state index contributed by atoms with van der Waals surface area (Å²) in [7, 11) is 1.58. The first-order valence-corrected chi connectivity index (χ1v) is 6.68. The van der Waals surface area contributed by atoms with Gasteiger partial charge in [-0.05, 0) is 33.8 Å². The molecule has 0 saturated heterocycles. The standard InChI is InChI=1S/C12H20N2O2S/c1-9(14-17(15)12(2,3)4)10-7-6-8-13-11(10)16-5/h6-9,14H,1-5H3/t9-,17?/m1/s1. The summed E-state index contributed by atoms with van der Waals surface area (Å²) in [4.78, 5) is 4.13. The van der Waals surface area contributed by atoms with Gasteiger partial charge in [-0.2, -0.15) is 0 Å². The summed E-state index contributed by atoms with van der Waals surface area (Å²) in [6.45, 7) is 7.75. The van der Waals surface area contributed by atoms with Gasteiger partial charge in [-0.15, -0.1) is 4.72 Å². The predicted octanol–water partition coefficient (Wildman–Crippen LogP) is 2.20. The van der Waals surface area contributed by atoms with Crippen LogP contribution in [-0.2, 0) is 11.4 Å². The Kier molecular flexibility index (Phi) is 4.80. The average molecular weight is 256 g/mol. The highest BCUT2D eigenvalue weighted by molar-refractivity contribution is 7.90. The second kappa shape index (κ2) is 5.71. The molecule has 0 aromatic carbocycles. The molecule has 5 heteroatoms. The third-order valence-electron chi connectivity index (χ3n) is 2.30. The van der Waals surface area contributed by atoms with E-state index < -0.39 is 11.4 Å². The Labute approximate surface area is 106 Å². The van der Waals surface area contributed by atoms with E-state index >= 15 is 0 Å². The molecule has 1 unspecified atom stereocenters. The van der Waals surface area contributed by atoms with Gasteiger partial charge in [-0.1, -0.05) is 6.07 Å². The Balaban J connectivity index is 2.79. The molecule has 96 valence electrons. The molecule has 0 saturated carbocycles. The number of rotatable bonds is 4. The van der Waals surface area contributed by atoms with Gasteiger partial charge in [-0.25, -0.2) is 4.98 Å². The van der Waals surface area contributed by atoms with Crippen LogP contribution >= 0.6 is 0 Å². The zero-order chi connectivity index (χ0) is 13.1. The fourth-order valence-corrected chi connectivity index (χ4v) is 2.11. The number of ether oxygens (including phenoxy) is 1. The van der Waals surface area contributed by atoms with E-state index in [9.17, 15) is 4.55 Å². The second-order valence-corrected chi connectivity index (χ2v) is 6.82. The van der Waals surface area contributed by atoms with Crippen LogP contribution in [0.5, 0.6) is 5.88 Å². The maximum Gasteiger partial charge on any atom is 0.217 e. The molecule has 1 N–H and O–H groups in total. The number of aromatic nitrogens is 1. The van der Waals surface area contributed by atoms with Crippen molar-refractivity contribution in [2.24, 2.45) is 0 Å². The number of hydrogen-bond donors (Lipinski definition) is 1. The molecule has 0 spiro atoms. The van der Waals surface area contributed by atoms with Crippen LogP contribution in [0.15, 0.2) is 18.3 Å². The first kappa shape index (κ1) is 14.3. The average Bonchev–Trinajstić information content (AvgIpc) is 2.27. The molecule has 0 bridgehead atoms. The number of nitrogens with one attached hydrogen (secondary N) is 1. The van der Waals surface area contributed by atoms with E-state index in [1.54, 1.807) is 13.3 Å². The van der Waals surface area contributed by atoms with Crippen molar-refractivity contribution in [3.63, 3.8) is 0 Å². The van der Waals surface area contributed by atoms with Crippen molar-refractivity contribution in [3.8, 4) is 5.88 Å². The van der Waals surface area contributed by atoms with Crippen LogP contribution in [-0.4, -0.2) is 21.4 Å². The fourth-order valence-electron chi connectivity index (χ4n) is 1.30. The van der Waals surface area contributed by atoms with Crippen LogP contribution in [0.4, 0.5) is 0 Å². The van der Waals surface area contributed by atoms with Crippen molar-refractivity contribution < 1.29 is 9.29 Å². The van der Waals surface area contributed by atoms with E-state index in [4.69, 9.17) is 4.74 Å². The molecule has 0 aliphatic rings. The van der Waals surface area contributed by atoms with Crippen molar-refractivity contribution in [2.45, 2.75) is 38.5 Å². The van der Waals surface area contributed by atoms with Gasteiger partial charge in [0.15, 0.2) is 0 Å². The molecule has 17 heavy (non-hydrogen) atoms. The van der Waals surface area contributed by atoms with Gasteiger partial charge in [0.05, 0.1) is 13.2 Å². The molecule has 4 nitrogen and oxygen atoms in total. The molecule has 0 aliphatic heterocycles. The van der Waals surface area contributed by atoms with Gasteiger partial charge >= 0.3 is 0 Å². The van der Waals surface area contributed by atoms with Crippen LogP contribution < -0.4 is 9.46 Å². The third kappa shape index (κ3) is 3.87. The third-order valence-corrected chi connectivity index (χ3v) is 3.98. The van der Waals surface area contributed by atoms with E-state index in [0.717, 1.165) is 5.56 Å². The molecular formula is C12H20N2O2S. The summed E-state index contributed by atoms with van der Waals surface area (Å²) < 4.78 is 19.9. The van der Waals surface area contributed by atoms with Gasteiger partial charge in [0.2, 0.25) is 5.88 Å². The highest BCUT2D eigenvalue weighted by Crippen LogP contribution is 2.24. The van der Waals surface area contributed by atoms with Gasteiger partial charge in [-0.3, -0.25) is 0 Å². The fraction of sp³-hybridized carbons (Fsp3) is 0.583. The predicted molar refractivity (Wildman–Crippen MR) is 70.2 cm³/mol. The zero-order valence-corrected chi connectivity index (χ0v) is 11.8. The lowest BCUT2D eigenvalue weighted by Crippen LogP contribution is -2.40. The molecule has 0 fully saturated rings. The lowest BCUT2D eigenvalue weighted by molar-refractivity contribution is 0.388. The first-order chi connectivity index (χ1) is 7.86. The minimum atomic E-state index is -1.11. The smallest absolute Gasteiger partial charge is 0.217 e. The van der Waals surface area contributed by atoms with Crippen LogP contribution in [0.3, 0.4) is 0 Å². The molecule has 2 atom stereocenters. The molecule has 1 aromatic rings. The van der Waals surface area contributed by atoms with Crippen molar-refractivity contribution in [3.05, 3.63) is 23.9 Å². The normalized spacial score (nSPS) is 15.4. The van der Waals surface area contributed by atoms with E-state index in [1.165, 1.54) is 0 Å². The zero-order valence-electron chi connectivity index (χ0n) is 11.0. The lowest BCUT2D eigenvalue weighted by atomic mass is 10.1. The van der Waals surface area contributed by atoms with Gasteiger partial charge in [0.1, 0.15) is 4.75 Å². The first-order valence-electron chi connectivity index (χ1n) is 5.53. The summed E-state index contributed by atoms with van der Waals surface area (Å²) >= 11 is -1.11. The molecule has 0 amide bonds. The van der Waals surface area contributed by atoms with Crippen LogP contribution in [0.1, 0.15) is 39.3 Å². The summed E-state index contributed by atoms with van der Waals surface area (Å²) in [5, 5.41) is 0. The quantitative estimate of drug-likeness (QED) is 0.839. The number of nitrogens with zero attached hydrogens (tertiary/aromatic N) is 1. The lowest BCUT2D eigenvalue weighted by Gasteiger charge is -2.26. The maximum atomic E-state index is 12.0. The molecule has 1 heterocycles. The van der Waals surface area contributed by atoms with Crippen molar-refractivity contribution in [1.29, 1.82) is 0 Å². The van der Waals surface area contributed by atoms with Crippen molar-refractivity contribution >= 4 is 11.4 Å². The number of pyridine rings is 1. The maximum absolute atomic E-state index is 12.0. The topological polar surface area (TPSA) is 57.2 Å². The van der Waals surface area contributed by atoms with E-state index in [-0.39, 0.29) is 10.8 Å². The molecule has 1 aromatic heterocycles. The number of methoxy groups -OCH3 is 1. The number of hydrogen-bond acceptors (Lipinski definition) is 4. The molecule has 1 rings (SSSR count).